The molecule has 1 aromatic carbocycles. The van der Waals surface area contributed by atoms with Gasteiger partial charge < -0.3 is 5.73 Å². The van der Waals surface area contributed by atoms with Crippen LogP contribution in [0.25, 0.3) is 0 Å². The summed E-state index contributed by atoms with van der Waals surface area (Å²) in [4.78, 5) is -0.120. The Morgan fingerprint density at radius 3 is 2.55 bits per heavy atom. The summed E-state index contributed by atoms with van der Waals surface area (Å²) >= 11 is 11.7. The molecule has 0 saturated heterocycles. The van der Waals surface area contributed by atoms with E-state index in [9.17, 15) is 12.6 Å². The predicted molar refractivity (Wildman–Crippen MR) is 84.2 cm³/mol. The second kappa shape index (κ2) is 7.09. The molecule has 5 nitrogen and oxygen atoms in total. The Labute approximate surface area is 131 Å². The molecule has 0 aliphatic heterocycles. The van der Waals surface area contributed by atoms with Crippen LogP contribution in [0.5, 0.6) is 0 Å². The minimum absolute atomic E-state index is 0.0264. The normalized spacial score (nSPS) is 15.0. The van der Waals surface area contributed by atoms with Crippen LogP contribution in [0.3, 0.4) is 0 Å². The number of hydrogen-bond acceptors (Lipinski definition) is 4. The monoisotopic (exact) mass is 358 g/mol. The molecule has 0 spiro atoms. The van der Waals surface area contributed by atoms with Crippen LogP contribution >= 0.6 is 23.2 Å². The van der Waals surface area contributed by atoms with Crippen LogP contribution in [-0.4, -0.2) is 30.7 Å². The first-order valence-corrected chi connectivity index (χ1v) is 9.67. The minimum Gasteiger partial charge on any atom is -0.396 e. The fraction of sp³-hybridized carbons (Fsp3) is 0.455. The second-order valence-corrected chi connectivity index (χ2v) is 8.38. The number of sulfonamides is 1. The van der Waals surface area contributed by atoms with Gasteiger partial charge in [0.25, 0.3) is 0 Å². The highest BCUT2D eigenvalue weighted by molar-refractivity contribution is 7.89. The first-order chi connectivity index (χ1) is 9.15. The molecule has 20 heavy (non-hydrogen) atoms. The first kappa shape index (κ1) is 17.7. The molecule has 0 fully saturated rings. The largest absolute Gasteiger partial charge is 0.396 e. The van der Waals surface area contributed by atoms with Crippen molar-refractivity contribution < 1.29 is 12.6 Å². The molecule has 1 rings (SSSR count). The van der Waals surface area contributed by atoms with Crippen molar-refractivity contribution in [2.75, 3.05) is 17.7 Å². The molecule has 2 atom stereocenters. The van der Waals surface area contributed by atoms with Crippen molar-refractivity contribution in [2.45, 2.75) is 24.3 Å². The Balaban J connectivity index is 2.95. The number of nitrogens with one attached hydrogen (secondary N) is 1. The number of benzene rings is 1. The van der Waals surface area contributed by atoms with Gasteiger partial charge in [-0.3, -0.25) is 4.21 Å². The Bertz CT molecular complexity index is 620. The van der Waals surface area contributed by atoms with Crippen molar-refractivity contribution in [3.8, 4) is 0 Å². The molecule has 114 valence electrons. The highest BCUT2D eigenvalue weighted by atomic mass is 35.5. The quantitative estimate of drug-likeness (QED) is 0.761. The number of halogens is 2. The van der Waals surface area contributed by atoms with Gasteiger partial charge in [0.05, 0.1) is 15.7 Å². The highest BCUT2D eigenvalue weighted by Crippen LogP contribution is 2.33. The fourth-order valence-corrected chi connectivity index (χ4v) is 4.22. The summed E-state index contributed by atoms with van der Waals surface area (Å²) in [6, 6.07) is 2.31. The molecule has 0 radical (unpaired) electrons. The summed E-state index contributed by atoms with van der Waals surface area (Å²) in [6.07, 6.45) is 2.03. The average Bonchev–Trinajstić information content (AvgIpc) is 2.32. The van der Waals surface area contributed by atoms with Gasteiger partial charge in [0, 0.05) is 28.9 Å². The highest BCUT2D eigenvalue weighted by Gasteiger charge is 2.22. The van der Waals surface area contributed by atoms with Crippen LogP contribution in [0.15, 0.2) is 17.0 Å². The van der Waals surface area contributed by atoms with Gasteiger partial charge in [0.1, 0.15) is 4.90 Å². The summed E-state index contributed by atoms with van der Waals surface area (Å²) in [6.45, 7) is 1.69. The fourth-order valence-electron chi connectivity index (χ4n) is 1.49. The summed E-state index contributed by atoms with van der Waals surface area (Å²) in [5, 5.41) is 0.0969. The van der Waals surface area contributed by atoms with E-state index >= 15 is 0 Å². The Morgan fingerprint density at radius 2 is 2.00 bits per heavy atom. The van der Waals surface area contributed by atoms with Crippen LogP contribution < -0.4 is 10.5 Å². The lowest BCUT2D eigenvalue weighted by Crippen LogP contribution is -2.33. The Hall–Kier alpha value is -0.340. The zero-order valence-electron chi connectivity index (χ0n) is 11.0. The van der Waals surface area contributed by atoms with Crippen molar-refractivity contribution in [1.29, 1.82) is 0 Å². The molecular weight excluding hydrogens is 343 g/mol. The molecule has 0 heterocycles. The molecule has 0 bridgehead atoms. The van der Waals surface area contributed by atoms with E-state index in [-0.39, 0.29) is 26.7 Å². The van der Waals surface area contributed by atoms with Gasteiger partial charge in [-0.2, -0.15) is 0 Å². The van der Waals surface area contributed by atoms with E-state index in [0.717, 1.165) is 0 Å². The van der Waals surface area contributed by atoms with E-state index in [0.29, 0.717) is 12.2 Å². The van der Waals surface area contributed by atoms with E-state index in [1.165, 1.54) is 12.1 Å². The van der Waals surface area contributed by atoms with Crippen LogP contribution in [0.4, 0.5) is 5.69 Å². The number of rotatable bonds is 6. The minimum atomic E-state index is -3.80. The second-order valence-electron chi connectivity index (χ2n) is 4.36. The maximum atomic E-state index is 12.2. The SMILES string of the molecule is CC(CCS(C)=O)NS(=O)(=O)c1ccc(Cl)c(N)c1Cl. The van der Waals surface area contributed by atoms with Crippen molar-refractivity contribution in [1.82, 2.24) is 4.72 Å². The lowest BCUT2D eigenvalue weighted by Gasteiger charge is -2.15. The van der Waals surface area contributed by atoms with Gasteiger partial charge in [-0.05, 0) is 25.5 Å². The maximum Gasteiger partial charge on any atom is 0.242 e. The number of hydrogen-bond donors (Lipinski definition) is 2. The molecular formula is C11H16Cl2N2O3S2. The summed E-state index contributed by atoms with van der Waals surface area (Å²) in [5.74, 6) is 0.417. The van der Waals surface area contributed by atoms with Crippen LogP contribution in [-0.2, 0) is 20.8 Å². The molecule has 0 amide bonds. The Morgan fingerprint density at radius 1 is 1.40 bits per heavy atom. The smallest absolute Gasteiger partial charge is 0.242 e. The molecule has 1 aromatic rings. The van der Waals surface area contributed by atoms with Crippen molar-refractivity contribution in [2.24, 2.45) is 0 Å². The zero-order valence-corrected chi connectivity index (χ0v) is 14.2. The lowest BCUT2D eigenvalue weighted by molar-refractivity contribution is 0.556. The standard InChI is InChI=1S/C11H16Cl2N2O3S2/c1-7(5-6-19(2)16)15-20(17,18)9-4-3-8(12)11(14)10(9)13/h3-4,7,15H,5-6,14H2,1-2H3. The van der Waals surface area contributed by atoms with E-state index in [4.69, 9.17) is 28.9 Å². The Kier molecular flexibility index (Phi) is 6.27. The van der Waals surface area contributed by atoms with Gasteiger partial charge in [-0.15, -0.1) is 0 Å². The summed E-state index contributed by atoms with van der Waals surface area (Å²) < 4.78 is 37.9. The molecule has 9 heteroatoms. The van der Waals surface area contributed by atoms with Gasteiger partial charge in [0.15, 0.2) is 0 Å². The first-order valence-electron chi connectivity index (χ1n) is 5.71. The van der Waals surface area contributed by atoms with Crippen molar-refractivity contribution in [3.63, 3.8) is 0 Å². The van der Waals surface area contributed by atoms with Crippen LogP contribution in [0, 0.1) is 0 Å². The molecule has 2 unspecified atom stereocenters. The van der Waals surface area contributed by atoms with E-state index in [2.05, 4.69) is 4.72 Å². The molecule has 0 aliphatic carbocycles. The third kappa shape index (κ3) is 4.60. The van der Waals surface area contributed by atoms with Gasteiger partial charge in [-0.1, -0.05) is 23.2 Å². The average molecular weight is 359 g/mol. The predicted octanol–water partition coefficient (Wildman–Crippen LogP) is 2.01. The van der Waals surface area contributed by atoms with Crippen molar-refractivity contribution in [3.05, 3.63) is 22.2 Å². The summed E-state index contributed by atoms with van der Waals surface area (Å²) in [7, 11) is -4.77. The zero-order chi connectivity index (χ0) is 15.5. The number of anilines is 1. The maximum absolute atomic E-state index is 12.2. The topological polar surface area (TPSA) is 89.3 Å². The van der Waals surface area contributed by atoms with Gasteiger partial charge in [-0.25, -0.2) is 13.1 Å². The van der Waals surface area contributed by atoms with E-state index < -0.39 is 20.8 Å². The lowest BCUT2D eigenvalue weighted by atomic mass is 10.3. The van der Waals surface area contributed by atoms with Gasteiger partial charge >= 0.3 is 0 Å². The number of nitrogens with two attached hydrogens (primary N) is 1. The van der Waals surface area contributed by atoms with Crippen molar-refractivity contribution >= 4 is 49.7 Å². The molecule has 0 aromatic heterocycles. The van der Waals surface area contributed by atoms with Crippen LogP contribution in [0.1, 0.15) is 13.3 Å². The van der Waals surface area contributed by atoms with E-state index in [1.807, 2.05) is 0 Å². The summed E-state index contributed by atoms with van der Waals surface area (Å²) in [5.41, 5.74) is 5.64. The molecule has 0 aliphatic rings. The third-order valence-corrected chi connectivity index (χ3v) is 5.87. The van der Waals surface area contributed by atoms with E-state index in [1.54, 1.807) is 13.2 Å². The molecule has 0 saturated carbocycles. The third-order valence-electron chi connectivity index (χ3n) is 2.58. The van der Waals surface area contributed by atoms with Crippen LogP contribution in [0.2, 0.25) is 10.0 Å². The van der Waals surface area contributed by atoms with Gasteiger partial charge in [0.2, 0.25) is 10.0 Å². The number of nitrogen functional groups attached to an aromatic ring is 1. The molecule has 3 N–H and O–H groups in total.